The Bertz CT molecular complexity index is 704. The van der Waals surface area contributed by atoms with Crippen molar-refractivity contribution < 1.29 is 0 Å². The van der Waals surface area contributed by atoms with Crippen LogP contribution in [0, 0.1) is 0 Å². The Morgan fingerprint density at radius 3 is 2.39 bits per heavy atom. The van der Waals surface area contributed by atoms with Gasteiger partial charge in [-0.25, -0.2) is 0 Å². The molecule has 18 heavy (non-hydrogen) atoms. The fourth-order valence-electron chi connectivity index (χ4n) is 2.40. The topological polar surface area (TPSA) is 52.0 Å². The standard InChI is InChI=1S/C16H16N2/c17-10-16(18)13-7-8-15-12(9-13)6-5-11-3-1-2-4-14(11)15/h1-9,16H,10,17-18H2/t16-/m1/s1. The first-order valence-corrected chi connectivity index (χ1v) is 6.16. The van der Waals surface area contributed by atoms with Crippen molar-refractivity contribution in [1.29, 1.82) is 0 Å². The second-order valence-electron chi connectivity index (χ2n) is 4.61. The summed E-state index contributed by atoms with van der Waals surface area (Å²) in [7, 11) is 0. The minimum atomic E-state index is -0.0825. The molecule has 0 bridgehead atoms. The predicted molar refractivity (Wildman–Crippen MR) is 77.4 cm³/mol. The summed E-state index contributed by atoms with van der Waals surface area (Å²) in [5.41, 5.74) is 12.7. The lowest BCUT2D eigenvalue weighted by atomic mass is 9.98. The number of hydrogen-bond acceptors (Lipinski definition) is 2. The highest BCUT2D eigenvalue weighted by atomic mass is 14.7. The molecule has 3 aromatic carbocycles. The number of nitrogens with two attached hydrogens (primary N) is 2. The number of benzene rings is 3. The van der Waals surface area contributed by atoms with Gasteiger partial charge in [0, 0.05) is 12.6 Å². The highest BCUT2D eigenvalue weighted by Gasteiger charge is 2.05. The highest BCUT2D eigenvalue weighted by molar-refractivity contribution is 6.07. The van der Waals surface area contributed by atoms with Gasteiger partial charge in [0.1, 0.15) is 0 Å². The molecule has 0 spiro atoms. The Kier molecular flexibility index (Phi) is 2.74. The van der Waals surface area contributed by atoms with Crippen LogP contribution < -0.4 is 11.5 Å². The minimum Gasteiger partial charge on any atom is -0.329 e. The van der Waals surface area contributed by atoms with Crippen LogP contribution in [0.5, 0.6) is 0 Å². The molecule has 0 aromatic heterocycles. The quantitative estimate of drug-likeness (QED) is 0.672. The van der Waals surface area contributed by atoms with Gasteiger partial charge in [-0.15, -0.1) is 0 Å². The molecule has 0 amide bonds. The maximum absolute atomic E-state index is 5.97. The third-order valence-electron chi connectivity index (χ3n) is 3.45. The molecule has 4 N–H and O–H groups in total. The van der Waals surface area contributed by atoms with E-state index in [4.69, 9.17) is 11.5 Å². The van der Waals surface area contributed by atoms with Gasteiger partial charge in [0.05, 0.1) is 0 Å². The molecule has 0 aliphatic heterocycles. The van der Waals surface area contributed by atoms with Gasteiger partial charge in [-0.1, -0.05) is 48.5 Å². The normalized spacial score (nSPS) is 13.0. The van der Waals surface area contributed by atoms with Crippen molar-refractivity contribution in [3.05, 3.63) is 60.2 Å². The van der Waals surface area contributed by atoms with E-state index in [0.29, 0.717) is 6.54 Å². The van der Waals surface area contributed by atoms with Gasteiger partial charge in [-0.05, 0) is 33.2 Å². The lowest BCUT2D eigenvalue weighted by molar-refractivity contribution is 0.738. The lowest BCUT2D eigenvalue weighted by Gasteiger charge is -2.11. The fourth-order valence-corrected chi connectivity index (χ4v) is 2.40. The third-order valence-corrected chi connectivity index (χ3v) is 3.45. The summed E-state index contributed by atoms with van der Waals surface area (Å²) in [5.74, 6) is 0. The summed E-state index contributed by atoms with van der Waals surface area (Å²) in [6.07, 6.45) is 0. The molecule has 0 saturated carbocycles. The average molecular weight is 236 g/mol. The van der Waals surface area contributed by atoms with Gasteiger partial charge >= 0.3 is 0 Å². The molecule has 1 atom stereocenters. The van der Waals surface area contributed by atoms with Gasteiger partial charge < -0.3 is 11.5 Å². The molecular formula is C16H16N2. The van der Waals surface area contributed by atoms with Crippen molar-refractivity contribution in [3.8, 4) is 0 Å². The first-order chi connectivity index (χ1) is 8.79. The largest absolute Gasteiger partial charge is 0.329 e. The molecule has 0 unspecified atom stereocenters. The zero-order valence-corrected chi connectivity index (χ0v) is 10.1. The van der Waals surface area contributed by atoms with Crippen LogP contribution in [-0.4, -0.2) is 6.54 Å². The fraction of sp³-hybridized carbons (Fsp3) is 0.125. The van der Waals surface area contributed by atoms with E-state index in [2.05, 4.69) is 54.6 Å². The number of hydrogen-bond donors (Lipinski definition) is 2. The Morgan fingerprint density at radius 1 is 0.833 bits per heavy atom. The zero-order chi connectivity index (χ0) is 12.5. The van der Waals surface area contributed by atoms with Crippen LogP contribution in [0.15, 0.2) is 54.6 Å². The summed E-state index contributed by atoms with van der Waals surface area (Å²) < 4.78 is 0. The van der Waals surface area contributed by atoms with E-state index in [1.54, 1.807) is 0 Å². The summed E-state index contributed by atoms with van der Waals surface area (Å²) in [6, 6.07) is 19.0. The Balaban J connectivity index is 2.28. The Hall–Kier alpha value is -1.90. The Morgan fingerprint density at radius 2 is 1.56 bits per heavy atom. The molecule has 0 aliphatic rings. The second-order valence-corrected chi connectivity index (χ2v) is 4.61. The summed E-state index contributed by atoms with van der Waals surface area (Å²) >= 11 is 0. The molecule has 0 aliphatic carbocycles. The predicted octanol–water partition coefficient (Wildman–Crippen LogP) is 2.95. The maximum atomic E-state index is 5.97. The van der Waals surface area contributed by atoms with Crippen LogP contribution in [0.3, 0.4) is 0 Å². The molecule has 2 heteroatoms. The molecule has 0 fully saturated rings. The number of fused-ring (bicyclic) bond motifs is 3. The van der Waals surface area contributed by atoms with Crippen LogP contribution in [0.1, 0.15) is 11.6 Å². The lowest BCUT2D eigenvalue weighted by Crippen LogP contribution is -2.20. The molecular weight excluding hydrogens is 220 g/mol. The molecule has 0 saturated heterocycles. The molecule has 3 rings (SSSR count). The van der Waals surface area contributed by atoms with Gasteiger partial charge in [-0.3, -0.25) is 0 Å². The third kappa shape index (κ3) is 1.76. The van der Waals surface area contributed by atoms with Crippen molar-refractivity contribution in [1.82, 2.24) is 0 Å². The van der Waals surface area contributed by atoms with E-state index in [1.165, 1.54) is 21.5 Å². The second kappa shape index (κ2) is 4.41. The molecule has 0 radical (unpaired) electrons. The average Bonchev–Trinajstić information content (AvgIpc) is 2.45. The summed E-state index contributed by atoms with van der Waals surface area (Å²) in [4.78, 5) is 0. The van der Waals surface area contributed by atoms with E-state index in [0.717, 1.165) is 5.56 Å². The highest BCUT2D eigenvalue weighted by Crippen LogP contribution is 2.27. The monoisotopic (exact) mass is 236 g/mol. The van der Waals surface area contributed by atoms with Crippen LogP contribution >= 0.6 is 0 Å². The van der Waals surface area contributed by atoms with Crippen molar-refractivity contribution in [2.75, 3.05) is 6.54 Å². The van der Waals surface area contributed by atoms with E-state index in [1.807, 2.05) is 0 Å². The van der Waals surface area contributed by atoms with Gasteiger partial charge in [-0.2, -0.15) is 0 Å². The molecule has 3 aromatic rings. The van der Waals surface area contributed by atoms with Gasteiger partial charge in [0.2, 0.25) is 0 Å². The van der Waals surface area contributed by atoms with Crippen LogP contribution in [-0.2, 0) is 0 Å². The summed E-state index contributed by atoms with van der Waals surface area (Å²) in [5, 5.41) is 5.03. The minimum absolute atomic E-state index is 0.0825. The van der Waals surface area contributed by atoms with Crippen molar-refractivity contribution >= 4 is 21.5 Å². The molecule has 0 heterocycles. The Labute approximate surface area is 106 Å². The van der Waals surface area contributed by atoms with Crippen LogP contribution in [0.25, 0.3) is 21.5 Å². The summed E-state index contributed by atoms with van der Waals surface area (Å²) in [6.45, 7) is 0.471. The van der Waals surface area contributed by atoms with Crippen LogP contribution in [0.2, 0.25) is 0 Å². The first kappa shape index (κ1) is 11.2. The molecule has 90 valence electrons. The maximum Gasteiger partial charge on any atom is 0.0419 e. The van der Waals surface area contributed by atoms with E-state index < -0.39 is 0 Å². The van der Waals surface area contributed by atoms with Gasteiger partial charge in [0.25, 0.3) is 0 Å². The SMILES string of the molecule is NC[C@@H](N)c1ccc2c(ccc3ccccc32)c1. The number of rotatable bonds is 2. The van der Waals surface area contributed by atoms with Crippen LogP contribution in [0.4, 0.5) is 0 Å². The van der Waals surface area contributed by atoms with E-state index in [9.17, 15) is 0 Å². The first-order valence-electron chi connectivity index (χ1n) is 6.16. The van der Waals surface area contributed by atoms with E-state index >= 15 is 0 Å². The van der Waals surface area contributed by atoms with Gasteiger partial charge in [0.15, 0.2) is 0 Å². The molecule has 2 nitrogen and oxygen atoms in total. The zero-order valence-electron chi connectivity index (χ0n) is 10.1. The smallest absolute Gasteiger partial charge is 0.0419 e. The van der Waals surface area contributed by atoms with Crippen molar-refractivity contribution in [2.24, 2.45) is 11.5 Å². The van der Waals surface area contributed by atoms with E-state index in [-0.39, 0.29) is 6.04 Å². The van der Waals surface area contributed by atoms with Crippen molar-refractivity contribution in [2.45, 2.75) is 6.04 Å². The van der Waals surface area contributed by atoms with Crippen molar-refractivity contribution in [3.63, 3.8) is 0 Å².